The summed E-state index contributed by atoms with van der Waals surface area (Å²) < 4.78 is 1.56. The molecule has 1 N–H and O–H groups in total. The molecule has 1 atom stereocenters. The predicted molar refractivity (Wildman–Crippen MR) is 102 cm³/mol. The Balaban J connectivity index is 1.45. The zero-order valence-corrected chi connectivity index (χ0v) is 15.2. The Bertz CT molecular complexity index is 924. The van der Waals surface area contributed by atoms with Crippen molar-refractivity contribution >= 4 is 11.6 Å². The fourth-order valence-electron chi connectivity index (χ4n) is 3.59. The monoisotopic (exact) mass is 362 g/mol. The molecule has 1 amide bonds. The number of hydrogen-bond acceptors (Lipinski definition) is 5. The Morgan fingerprint density at radius 1 is 1.22 bits per heavy atom. The third kappa shape index (κ3) is 4.03. The van der Waals surface area contributed by atoms with Crippen LogP contribution in [0.25, 0.3) is 5.69 Å². The third-order valence-electron chi connectivity index (χ3n) is 4.86. The van der Waals surface area contributed by atoms with E-state index in [2.05, 4.69) is 56.9 Å². The van der Waals surface area contributed by atoms with E-state index < -0.39 is 0 Å². The highest BCUT2D eigenvalue weighted by molar-refractivity contribution is 5.95. The van der Waals surface area contributed by atoms with Crippen LogP contribution in [0, 0.1) is 6.92 Å². The van der Waals surface area contributed by atoms with Crippen molar-refractivity contribution in [1.82, 2.24) is 25.1 Å². The molecule has 4 rings (SSSR count). The number of aromatic nitrogens is 4. The molecule has 1 saturated heterocycles. The molecule has 7 nitrogen and oxygen atoms in total. The lowest BCUT2D eigenvalue weighted by Crippen LogP contribution is -2.39. The van der Waals surface area contributed by atoms with E-state index in [-0.39, 0.29) is 11.9 Å². The van der Waals surface area contributed by atoms with Gasteiger partial charge < -0.3 is 5.32 Å². The number of carbonyl (C=O) groups excluding carboxylic acids is 1. The second-order valence-electron chi connectivity index (χ2n) is 6.91. The van der Waals surface area contributed by atoms with Crippen LogP contribution in [-0.4, -0.2) is 43.6 Å². The van der Waals surface area contributed by atoms with Crippen LogP contribution < -0.4 is 5.32 Å². The summed E-state index contributed by atoms with van der Waals surface area (Å²) in [4.78, 5) is 15.1. The van der Waals surface area contributed by atoms with Crippen LogP contribution in [0.3, 0.4) is 0 Å². The van der Waals surface area contributed by atoms with Gasteiger partial charge >= 0.3 is 0 Å². The maximum atomic E-state index is 12.9. The Kier molecular flexibility index (Phi) is 4.93. The zero-order valence-electron chi connectivity index (χ0n) is 15.2. The first-order chi connectivity index (χ1) is 13.2. The summed E-state index contributed by atoms with van der Waals surface area (Å²) in [6.45, 7) is 3.83. The zero-order chi connectivity index (χ0) is 18.6. The first kappa shape index (κ1) is 17.4. The highest BCUT2D eigenvalue weighted by atomic mass is 16.2. The Hall–Kier alpha value is -3.06. The number of benzene rings is 2. The SMILES string of the molecule is Cc1cccc(CN2CCC[C@H]2C(=O)Nc2cccc(-n3cnnn3)c2)c1. The van der Waals surface area contributed by atoms with Crippen LogP contribution >= 0.6 is 0 Å². The molecule has 0 radical (unpaired) electrons. The summed E-state index contributed by atoms with van der Waals surface area (Å²) in [5.74, 6) is 0.0361. The molecule has 27 heavy (non-hydrogen) atoms. The molecular formula is C20H22N6O. The molecule has 138 valence electrons. The molecule has 1 fully saturated rings. The molecule has 3 aromatic rings. The summed E-state index contributed by atoms with van der Waals surface area (Å²) in [7, 11) is 0. The van der Waals surface area contributed by atoms with E-state index in [9.17, 15) is 4.79 Å². The van der Waals surface area contributed by atoms with Gasteiger partial charge in [-0.1, -0.05) is 35.9 Å². The number of anilines is 1. The smallest absolute Gasteiger partial charge is 0.241 e. The molecule has 0 bridgehead atoms. The summed E-state index contributed by atoms with van der Waals surface area (Å²) in [6, 6.07) is 15.9. The summed E-state index contributed by atoms with van der Waals surface area (Å²) in [5, 5.41) is 14.2. The molecule has 2 aromatic carbocycles. The number of hydrogen-bond donors (Lipinski definition) is 1. The van der Waals surface area contributed by atoms with Crippen LogP contribution in [0.4, 0.5) is 5.69 Å². The average molecular weight is 362 g/mol. The lowest BCUT2D eigenvalue weighted by atomic mass is 10.1. The van der Waals surface area contributed by atoms with Gasteiger partial charge in [-0.05, 0) is 60.5 Å². The van der Waals surface area contributed by atoms with Gasteiger partial charge in [0.25, 0.3) is 0 Å². The van der Waals surface area contributed by atoms with Crippen molar-refractivity contribution < 1.29 is 4.79 Å². The van der Waals surface area contributed by atoms with Gasteiger partial charge in [-0.25, -0.2) is 4.68 Å². The quantitative estimate of drug-likeness (QED) is 0.755. The summed E-state index contributed by atoms with van der Waals surface area (Å²) >= 11 is 0. The average Bonchev–Trinajstić information content (AvgIpc) is 3.34. The molecule has 0 spiro atoms. The van der Waals surface area contributed by atoms with Gasteiger partial charge in [-0.2, -0.15) is 0 Å². The molecule has 1 aliphatic heterocycles. The van der Waals surface area contributed by atoms with Crippen LogP contribution in [-0.2, 0) is 11.3 Å². The molecule has 1 aromatic heterocycles. The summed E-state index contributed by atoms with van der Waals surface area (Å²) in [6.07, 6.45) is 3.44. The highest BCUT2D eigenvalue weighted by Crippen LogP contribution is 2.22. The van der Waals surface area contributed by atoms with Crippen molar-refractivity contribution in [3.05, 3.63) is 66.0 Å². The van der Waals surface area contributed by atoms with Gasteiger partial charge in [0.1, 0.15) is 6.33 Å². The maximum absolute atomic E-state index is 12.9. The Morgan fingerprint density at radius 3 is 2.93 bits per heavy atom. The number of carbonyl (C=O) groups is 1. The molecule has 1 aliphatic rings. The first-order valence-electron chi connectivity index (χ1n) is 9.13. The largest absolute Gasteiger partial charge is 0.325 e. The van der Waals surface area contributed by atoms with E-state index >= 15 is 0 Å². The van der Waals surface area contributed by atoms with Gasteiger partial charge in [0, 0.05) is 12.2 Å². The highest BCUT2D eigenvalue weighted by Gasteiger charge is 2.30. The number of aryl methyl sites for hydroxylation is 1. The lowest BCUT2D eigenvalue weighted by Gasteiger charge is -2.24. The van der Waals surface area contributed by atoms with Crippen molar-refractivity contribution in [2.75, 3.05) is 11.9 Å². The second kappa shape index (κ2) is 7.67. The molecule has 0 aliphatic carbocycles. The first-order valence-corrected chi connectivity index (χ1v) is 9.13. The van der Waals surface area contributed by atoms with E-state index in [1.54, 1.807) is 4.68 Å². The third-order valence-corrected chi connectivity index (χ3v) is 4.86. The molecule has 0 unspecified atom stereocenters. The van der Waals surface area contributed by atoms with Crippen LogP contribution in [0.5, 0.6) is 0 Å². The van der Waals surface area contributed by atoms with Gasteiger partial charge in [-0.3, -0.25) is 9.69 Å². The molecule has 0 saturated carbocycles. The van der Waals surface area contributed by atoms with E-state index in [1.807, 2.05) is 24.3 Å². The van der Waals surface area contributed by atoms with Crippen LogP contribution in [0.1, 0.15) is 24.0 Å². The number of rotatable bonds is 5. The minimum Gasteiger partial charge on any atom is -0.325 e. The minimum absolute atomic E-state index is 0.0361. The molecule has 2 heterocycles. The fraction of sp³-hybridized carbons (Fsp3) is 0.300. The van der Waals surface area contributed by atoms with Crippen LogP contribution in [0.2, 0.25) is 0 Å². The number of nitrogens with zero attached hydrogens (tertiary/aromatic N) is 5. The number of likely N-dealkylation sites (tertiary alicyclic amines) is 1. The van der Waals surface area contributed by atoms with E-state index in [1.165, 1.54) is 17.5 Å². The van der Waals surface area contributed by atoms with E-state index in [4.69, 9.17) is 0 Å². The fourth-order valence-corrected chi connectivity index (χ4v) is 3.59. The van der Waals surface area contributed by atoms with Crippen molar-refractivity contribution in [3.63, 3.8) is 0 Å². The van der Waals surface area contributed by atoms with Crippen LogP contribution in [0.15, 0.2) is 54.9 Å². The Labute approximate surface area is 158 Å². The Morgan fingerprint density at radius 2 is 2.11 bits per heavy atom. The van der Waals surface area contributed by atoms with E-state index in [0.29, 0.717) is 0 Å². The summed E-state index contributed by atoms with van der Waals surface area (Å²) in [5.41, 5.74) is 4.04. The second-order valence-corrected chi connectivity index (χ2v) is 6.91. The molecular weight excluding hydrogens is 340 g/mol. The van der Waals surface area contributed by atoms with E-state index in [0.717, 1.165) is 37.3 Å². The number of tetrazole rings is 1. The topological polar surface area (TPSA) is 75.9 Å². The van der Waals surface area contributed by atoms with Gasteiger partial charge in [0.05, 0.1) is 11.7 Å². The maximum Gasteiger partial charge on any atom is 0.241 e. The number of nitrogens with one attached hydrogen (secondary N) is 1. The van der Waals surface area contributed by atoms with Gasteiger partial charge in [0.15, 0.2) is 0 Å². The van der Waals surface area contributed by atoms with Crippen molar-refractivity contribution in [2.45, 2.75) is 32.4 Å². The van der Waals surface area contributed by atoms with Crippen molar-refractivity contribution in [2.24, 2.45) is 0 Å². The number of amides is 1. The van der Waals surface area contributed by atoms with Gasteiger partial charge in [0.2, 0.25) is 5.91 Å². The standard InChI is InChI=1S/C20H22N6O/c1-15-5-2-6-16(11-15)13-25-10-4-9-19(25)20(27)22-17-7-3-8-18(12-17)26-14-21-23-24-26/h2-3,5-8,11-12,14,19H,4,9-10,13H2,1H3,(H,22,27)/t19-/m0/s1. The van der Waals surface area contributed by atoms with Gasteiger partial charge in [-0.15, -0.1) is 5.10 Å². The van der Waals surface area contributed by atoms with Crippen molar-refractivity contribution in [3.8, 4) is 5.69 Å². The minimum atomic E-state index is -0.109. The predicted octanol–water partition coefficient (Wildman–Crippen LogP) is 2.57. The lowest BCUT2D eigenvalue weighted by molar-refractivity contribution is -0.120. The molecule has 7 heteroatoms. The normalized spacial score (nSPS) is 17.1. The van der Waals surface area contributed by atoms with Crippen molar-refractivity contribution in [1.29, 1.82) is 0 Å².